The third-order valence-electron chi connectivity index (χ3n) is 2.36. The fraction of sp³-hybridized carbons (Fsp3) is 0.200. The van der Waals surface area contributed by atoms with Gasteiger partial charge in [-0.15, -0.1) is 5.10 Å². The Bertz CT molecular complexity index is 510. The van der Waals surface area contributed by atoms with Crippen molar-refractivity contribution in [3.05, 3.63) is 46.4 Å². The molecular weight excluding hydrogens is 222 g/mol. The van der Waals surface area contributed by atoms with Crippen LogP contribution in [0, 0.1) is 10.1 Å². The molecule has 1 unspecified atom stereocenters. The summed E-state index contributed by atoms with van der Waals surface area (Å²) in [6.45, 7) is 1.90. The summed E-state index contributed by atoms with van der Waals surface area (Å²) >= 11 is 0. The predicted molar refractivity (Wildman–Crippen MR) is 61.5 cm³/mol. The van der Waals surface area contributed by atoms with Gasteiger partial charge in [0.25, 0.3) is 0 Å². The number of pyridine rings is 1. The lowest BCUT2D eigenvalue weighted by atomic mass is 10.1. The van der Waals surface area contributed by atoms with E-state index >= 15 is 0 Å². The normalized spacial score (nSPS) is 12.1. The van der Waals surface area contributed by atoms with E-state index in [1.165, 1.54) is 6.20 Å². The zero-order valence-corrected chi connectivity index (χ0v) is 9.12. The standard InChI is InChI=1S/C10H11N5O2/c1-7(8-3-2-4-11-5-8)13-9-6-12-14-10(9)15(16)17/h2-7,13H,1H3,(H,12,14). The molecule has 0 aliphatic carbocycles. The van der Waals surface area contributed by atoms with Gasteiger partial charge in [-0.2, -0.15) is 0 Å². The summed E-state index contributed by atoms with van der Waals surface area (Å²) < 4.78 is 0. The molecule has 17 heavy (non-hydrogen) atoms. The number of nitro groups is 1. The number of H-pyrrole nitrogens is 1. The maximum atomic E-state index is 10.7. The fourth-order valence-corrected chi connectivity index (χ4v) is 1.47. The van der Waals surface area contributed by atoms with Crippen molar-refractivity contribution < 1.29 is 4.92 Å². The van der Waals surface area contributed by atoms with E-state index in [0.717, 1.165) is 5.56 Å². The van der Waals surface area contributed by atoms with Crippen molar-refractivity contribution in [2.75, 3.05) is 5.32 Å². The second kappa shape index (κ2) is 4.60. The molecule has 2 aromatic heterocycles. The minimum Gasteiger partial charge on any atom is -0.370 e. The molecule has 0 saturated heterocycles. The smallest absolute Gasteiger partial charge is 0.366 e. The minimum absolute atomic E-state index is 0.0833. The maximum absolute atomic E-state index is 10.7. The lowest BCUT2D eigenvalue weighted by Gasteiger charge is -2.12. The number of nitrogens with zero attached hydrogens (tertiary/aromatic N) is 3. The van der Waals surface area contributed by atoms with Crippen molar-refractivity contribution in [1.29, 1.82) is 0 Å². The molecule has 0 spiro atoms. The number of nitrogens with one attached hydrogen (secondary N) is 2. The van der Waals surface area contributed by atoms with Crippen LogP contribution in [-0.2, 0) is 0 Å². The molecule has 2 rings (SSSR count). The molecule has 0 fully saturated rings. The molecule has 0 saturated carbocycles. The Labute approximate surface area is 97.0 Å². The van der Waals surface area contributed by atoms with Crippen LogP contribution in [0.15, 0.2) is 30.7 Å². The first-order valence-electron chi connectivity index (χ1n) is 5.02. The van der Waals surface area contributed by atoms with Gasteiger partial charge in [-0.1, -0.05) is 11.2 Å². The van der Waals surface area contributed by atoms with Crippen molar-refractivity contribution >= 4 is 11.5 Å². The summed E-state index contributed by atoms with van der Waals surface area (Å²) in [6.07, 6.45) is 4.78. The van der Waals surface area contributed by atoms with Gasteiger partial charge >= 0.3 is 5.82 Å². The van der Waals surface area contributed by atoms with Crippen LogP contribution >= 0.6 is 0 Å². The fourth-order valence-electron chi connectivity index (χ4n) is 1.47. The zero-order chi connectivity index (χ0) is 12.3. The summed E-state index contributed by atoms with van der Waals surface area (Å²) in [5, 5.41) is 19.7. The van der Waals surface area contributed by atoms with Gasteiger partial charge in [0.1, 0.15) is 6.20 Å². The van der Waals surface area contributed by atoms with Crippen molar-refractivity contribution in [3.63, 3.8) is 0 Å². The first-order valence-corrected chi connectivity index (χ1v) is 5.02. The lowest BCUT2D eigenvalue weighted by Crippen LogP contribution is -2.07. The summed E-state index contributed by atoms with van der Waals surface area (Å²) in [7, 11) is 0. The molecule has 1 atom stereocenters. The van der Waals surface area contributed by atoms with E-state index in [1.54, 1.807) is 12.4 Å². The van der Waals surface area contributed by atoms with E-state index < -0.39 is 4.92 Å². The maximum Gasteiger partial charge on any atom is 0.366 e. The molecule has 7 heteroatoms. The van der Waals surface area contributed by atoms with Crippen molar-refractivity contribution in [3.8, 4) is 0 Å². The van der Waals surface area contributed by atoms with E-state index in [2.05, 4.69) is 20.5 Å². The molecule has 0 bridgehead atoms. The number of hydrogen-bond acceptors (Lipinski definition) is 5. The number of anilines is 1. The third-order valence-corrected chi connectivity index (χ3v) is 2.36. The summed E-state index contributed by atoms with van der Waals surface area (Å²) in [6, 6.07) is 3.63. The topological polar surface area (TPSA) is 96.7 Å². The average molecular weight is 233 g/mol. The van der Waals surface area contributed by atoms with E-state index in [4.69, 9.17) is 0 Å². The molecule has 2 N–H and O–H groups in total. The first-order chi connectivity index (χ1) is 8.18. The van der Waals surface area contributed by atoms with E-state index in [1.807, 2.05) is 19.1 Å². The molecule has 0 radical (unpaired) electrons. The van der Waals surface area contributed by atoms with Crippen LogP contribution in [0.1, 0.15) is 18.5 Å². The Balaban J connectivity index is 2.16. The van der Waals surface area contributed by atoms with Gasteiger partial charge < -0.3 is 15.4 Å². The minimum atomic E-state index is -0.509. The summed E-state index contributed by atoms with van der Waals surface area (Å²) in [5.74, 6) is -0.138. The molecule has 0 amide bonds. The summed E-state index contributed by atoms with van der Waals surface area (Å²) in [4.78, 5) is 14.2. The number of aromatic nitrogens is 3. The number of rotatable bonds is 4. The zero-order valence-electron chi connectivity index (χ0n) is 9.12. The van der Waals surface area contributed by atoms with Crippen LogP contribution in [0.5, 0.6) is 0 Å². The number of aromatic amines is 1. The molecule has 7 nitrogen and oxygen atoms in total. The Morgan fingerprint density at radius 1 is 1.53 bits per heavy atom. The van der Waals surface area contributed by atoms with Crippen molar-refractivity contribution in [2.45, 2.75) is 13.0 Å². The van der Waals surface area contributed by atoms with Gasteiger partial charge in [0.15, 0.2) is 5.69 Å². The molecule has 2 heterocycles. The monoisotopic (exact) mass is 233 g/mol. The van der Waals surface area contributed by atoms with Crippen LogP contribution in [0.4, 0.5) is 11.5 Å². The predicted octanol–water partition coefficient (Wildman–Crippen LogP) is 1.89. The van der Waals surface area contributed by atoms with Gasteiger partial charge in [0.2, 0.25) is 0 Å². The second-order valence-corrected chi connectivity index (χ2v) is 3.54. The van der Waals surface area contributed by atoms with Crippen LogP contribution in [0.25, 0.3) is 0 Å². The SMILES string of the molecule is CC(Nc1cn[nH]c1[N+](=O)[O-])c1cccnc1. The number of hydrogen-bond donors (Lipinski definition) is 2. The van der Waals surface area contributed by atoms with Crippen LogP contribution < -0.4 is 5.32 Å². The van der Waals surface area contributed by atoms with Crippen LogP contribution in [0.2, 0.25) is 0 Å². The van der Waals surface area contributed by atoms with E-state index in [-0.39, 0.29) is 11.9 Å². The molecular formula is C10H11N5O2. The second-order valence-electron chi connectivity index (χ2n) is 3.54. The Hall–Kier alpha value is -2.44. The van der Waals surface area contributed by atoms with Gasteiger partial charge in [-0.3, -0.25) is 4.98 Å². The van der Waals surface area contributed by atoms with E-state index in [9.17, 15) is 10.1 Å². The Kier molecular flexibility index (Phi) is 2.99. The van der Waals surface area contributed by atoms with Gasteiger partial charge in [0, 0.05) is 12.4 Å². The molecule has 0 aromatic carbocycles. The molecule has 88 valence electrons. The summed E-state index contributed by atoms with van der Waals surface area (Å²) in [5.41, 5.74) is 1.31. The average Bonchev–Trinajstić information content (AvgIpc) is 2.78. The van der Waals surface area contributed by atoms with Crippen molar-refractivity contribution in [1.82, 2.24) is 15.2 Å². The molecule has 0 aliphatic heterocycles. The largest absolute Gasteiger partial charge is 0.370 e. The van der Waals surface area contributed by atoms with Crippen LogP contribution in [-0.4, -0.2) is 20.1 Å². The lowest BCUT2D eigenvalue weighted by molar-refractivity contribution is -0.388. The highest BCUT2D eigenvalue weighted by Gasteiger charge is 2.17. The van der Waals surface area contributed by atoms with Gasteiger partial charge in [-0.25, -0.2) is 0 Å². The van der Waals surface area contributed by atoms with Crippen molar-refractivity contribution in [2.24, 2.45) is 0 Å². The van der Waals surface area contributed by atoms with Crippen LogP contribution in [0.3, 0.4) is 0 Å². The Morgan fingerprint density at radius 2 is 2.35 bits per heavy atom. The quantitative estimate of drug-likeness (QED) is 0.620. The highest BCUT2D eigenvalue weighted by molar-refractivity contribution is 5.56. The van der Waals surface area contributed by atoms with Gasteiger partial charge in [-0.05, 0) is 23.5 Å². The first kappa shape index (κ1) is 11.1. The third kappa shape index (κ3) is 2.39. The van der Waals surface area contributed by atoms with Gasteiger partial charge in [0.05, 0.1) is 6.04 Å². The Morgan fingerprint density at radius 3 is 3.00 bits per heavy atom. The molecule has 0 aliphatic rings. The highest BCUT2D eigenvalue weighted by atomic mass is 16.6. The molecule has 2 aromatic rings. The van der Waals surface area contributed by atoms with E-state index in [0.29, 0.717) is 5.69 Å². The highest BCUT2D eigenvalue weighted by Crippen LogP contribution is 2.24.